The van der Waals surface area contributed by atoms with E-state index in [1.165, 1.54) is 6.07 Å². The Balaban J connectivity index is 2.11. The van der Waals surface area contributed by atoms with E-state index in [0.29, 0.717) is 28.3 Å². The van der Waals surface area contributed by atoms with Crippen molar-refractivity contribution < 1.29 is 4.92 Å². The zero-order chi connectivity index (χ0) is 15.5. The number of nitro benzene ring substituents is 1. The van der Waals surface area contributed by atoms with E-state index < -0.39 is 4.92 Å². The molecule has 0 aromatic heterocycles. The number of anilines is 2. The number of benzene rings is 1. The lowest BCUT2D eigenvalue weighted by Crippen LogP contribution is -1.97. The van der Waals surface area contributed by atoms with Crippen LogP contribution in [0.1, 0.15) is 5.56 Å². The maximum absolute atomic E-state index is 11.1. The van der Waals surface area contributed by atoms with Crippen LogP contribution in [0.5, 0.6) is 0 Å². The van der Waals surface area contributed by atoms with Crippen LogP contribution in [0.2, 0.25) is 0 Å². The molecule has 0 saturated heterocycles. The fourth-order valence-corrected chi connectivity index (χ4v) is 2.22. The van der Waals surface area contributed by atoms with Crippen molar-refractivity contribution in [2.75, 3.05) is 5.32 Å². The number of rotatable bonds is 3. The van der Waals surface area contributed by atoms with Gasteiger partial charge < -0.3 is 5.32 Å². The third-order valence-corrected chi connectivity index (χ3v) is 3.22. The van der Waals surface area contributed by atoms with Gasteiger partial charge in [-0.2, -0.15) is 5.26 Å². The first-order valence-corrected chi connectivity index (χ1v) is 6.50. The lowest BCUT2D eigenvalue weighted by Gasteiger charge is -2.04. The summed E-state index contributed by atoms with van der Waals surface area (Å²) in [7, 11) is 0. The highest BCUT2D eigenvalue weighted by atomic mass is 16.6. The molecule has 0 fully saturated rings. The highest BCUT2D eigenvalue weighted by molar-refractivity contribution is 5.81. The summed E-state index contributed by atoms with van der Waals surface area (Å²) in [6, 6.07) is 17.4. The number of nitrogens with one attached hydrogen (secondary N) is 1. The summed E-state index contributed by atoms with van der Waals surface area (Å²) in [4.78, 5) is 14.9. The van der Waals surface area contributed by atoms with E-state index in [1.54, 1.807) is 30.3 Å². The largest absolute Gasteiger partial charge is 0.333 e. The van der Waals surface area contributed by atoms with Crippen LogP contribution in [0.3, 0.4) is 0 Å². The van der Waals surface area contributed by atoms with E-state index in [0.717, 1.165) is 0 Å². The molecule has 0 bridgehead atoms. The van der Waals surface area contributed by atoms with Crippen LogP contribution in [0.15, 0.2) is 54.6 Å². The molecule has 1 aromatic carbocycles. The Morgan fingerprint density at radius 3 is 2.59 bits per heavy atom. The fourth-order valence-electron chi connectivity index (χ4n) is 2.22. The minimum absolute atomic E-state index is 0.0657. The second-order valence-corrected chi connectivity index (χ2v) is 4.56. The van der Waals surface area contributed by atoms with Crippen molar-refractivity contribution in [1.82, 2.24) is 4.98 Å². The SMILES string of the molecule is N#Cc1c2cccccc-2nc1Nc1ccccc1[N+](=O)[O-]. The average Bonchev–Trinajstić information content (AvgIpc) is 2.68. The lowest BCUT2D eigenvalue weighted by molar-refractivity contribution is -0.383. The molecule has 106 valence electrons. The van der Waals surface area contributed by atoms with Crippen LogP contribution in [0.4, 0.5) is 17.2 Å². The molecule has 1 aliphatic carbocycles. The average molecular weight is 290 g/mol. The van der Waals surface area contributed by atoms with Crippen LogP contribution in [-0.2, 0) is 0 Å². The molecule has 2 aliphatic rings. The second-order valence-electron chi connectivity index (χ2n) is 4.56. The van der Waals surface area contributed by atoms with Gasteiger partial charge in [-0.3, -0.25) is 10.1 Å². The number of nitro groups is 1. The lowest BCUT2D eigenvalue weighted by atomic mass is 10.1. The monoisotopic (exact) mass is 290 g/mol. The number of para-hydroxylation sites is 2. The molecule has 3 rings (SSSR count). The quantitative estimate of drug-likeness (QED) is 0.586. The van der Waals surface area contributed by atoms with Gasteiger partial charge in [0.1, 0.15) is 23.1 Å². The van der Waals surface area contributed by atoms with Gasteiger partial charge in [0.25, 0.3) is 5.69 Å². The maximum Gasteiger partial charge on any atom is 0.292 e. The van der Waals surface area contributed by atoms with E-state index in [1.807, 2.05) is 18.2 Å². The van der Waals surface area contributed by atoms with Crippen LogP contribution in [0, 0.1) is 21.4 Å². The first kappa shape index (κ1) is 13.5. The molecule has 0 unspecified atom stereocenters. The topological polar surface area (TPSA) is 91.8 Å². The van der Waals surface area contributed by atoms with Gasteiger partial charge in [-0.25, -0.2) is 4.98 Å². The number of nitrogens with zero attached hydrogens (tertiary/aromatic N) is 3. The highest BCUT2D eigenvalue weighted by Crippen LogP contribution is 2.34. The number of nitriles is 1. The molecule has 0 amide bonds. The fraction of sp³-hybridized carbons (Fsp3) is 0. The van der Waals surface area contributed by atoms with Crippen LogP contribution in [-0.4, -0.2) is 9.91 Å². The Labute approximate surface area is 126 Å². The van der Waals surface area contributed by atoms with Crippen molar-refractivity contribution in [3.05, 3.63) is 70.3 Å². The summed E-state index contributed by atoms with van der Waals surface area (Å²) in [6.07, 6.45) is 0. The molecular weight excluding hydrogens is 280 g/mol. The Morgan fingerprint density at radius 2 is 1.82 bits per heavy atom. The van der Waals surface area contributed by atoms with Crippen molar-refractivity contribution in [2.24, 2.45) is 0 Å². The van der Waals surface area contributed by atoms with Crippen molar-refractivity contribution in [2.45, 2.75) is 0 Å². The molecule has 0 atom stereocenters. The molecule has 0 radical (unpaired) electrons. The Kier molecular flexibility index (Phi) is 3.38. The maximum atomic E-state index is 11.1. The number of fused-ring (bicyclic) bond motifs is 1. The minimum Gasteiger partial charge on any atom is -0.333 e. The van der Waals surface area contributed by atoms with Gasteiger partial charge in [0.2, 0.25) is 0 Å². The molecule has 1 aromatic rings. The van der Waals surface area contributed by atoms with Crippen LogP contribution < -0.4 is 5.32 Å². The summed E-state index contributed by atoms with van der Waals surface area (Å²) in [5.41, 5.74) is 1.96. The van der Waals surface area contributed by atoms with Crippen molar-refractivity contribution in [3.8, 4) is 17.3 Å². The predicted molar refractivity (Wildman–Crippen MR) is 82.0 cm³/mol. The summed E-state index contributed by atoms with van der Waals surface area (Å²) >= 11 is 0. The molecular formula is C16H10N4O2. The van der Waals surface area contributed by atoms with E-state index >= 15 is 0 Å². The van der Waals surface area contributed by atoms with Gasteiger partial charge in [0.05, 0.1) is 10.6 Å². The van der Waals surface area contributed by atoms with Gasteiger partial charge in [-0.1, -0.05) is 36.4 Å². The first-order valence-electron chi connectivity index (χ1n) is 6.50. The van der Waals surface area contributed by atoms with Crippen molar-refractivity contribution in [1.29, 1.82) is 5.26 Å². The molecule has 0 spiro atoms. The van der Waals surface area contributed by atoms with Crippen molar-refractivity contribution in [3.63, 3.8) is 0 Å². The zero-order valence-corrected chi connectivity index (χ0v) is 11.4. The molecule has 1 aliphatic heterocycles. The second kappa shape index (κ2) is 5.50. The molecule has 6 heteroatoms. The van der Waals surface area contributed by atoms with E-state index in [9.17, 15) is 15.4 Å². The summed E-state index contributed by atoms with van der Waals surface area (Å²) in [5.74, 6) is 0.318. The van der Waals surface area contributed by atoms with Gasteiger partial charge in [-0.15, -0.1) is 0 Å². The molecule has 22 heavy (non-hydrogen) atoms. The number of aromatic nitrogens is 1. The number of hydrogen-bond donors (Lipinski definition) is 1. The van der Waals surface area contributed by atoms with E-state index in [-0.39, 0.29) is 5.69 Å². The zero-order valence-electron chi connectivity index (χ0n) is 11.4. The highest BCUT2D eigenvalue weighted by Gasteiger charge is 2.20. The van der Waals surface area contributed by atoms with E-state index in [4.69, 9.17) is 0 Å². The predicted octanol–water partition coefficient (Wildman–Crippen LogP) is 3.71. The van der Waals surface area contributed by atoms with E-state index in [2.05, 4.69) is 16.4 Å². The van der Waals surface area contributed by atoms with Crippen LogP contribution in [0.25, 0.3) is 11.3 Å². The van der Waals surface area contributed by atoms with Crippen LogP contribution >= 0.6 is 0 Å². The van der Waals surface area contributed by atoms with Gasteiger partial charge >= 0.3 is 0 Å². The molecule has 0 saturated carbocycles. The minimum atomic E-state index is -0.475. The van der Waals surface area contributed by atoms with Crippen molar-refractivity contribution >= 4 is 17.2 Å². The number of hydrogen-bond acceptors (Lipinski definition) is 5. The third kappa shape index (κ3) is 2.31. The smallest absolute Gasteiger partial charge is 0.292 e. The third-order valence-electron chi connectivity index (χ3n) is 3.22. The Morgan fingerprint density at radius 1 is 1.09 bits per heavy atom. The Hall–Kier alpha value is -3.46. The summed E-state index contributed by atoms with van der Waals surface area (Å²) in [6.45, 7) is 0. The molecule has 6 nitrogen and oxygen atoms in total. The summed E-state index contributed by atoms with van der Waals surface area (Å²) in [5, 5.41) is 23.3. The molecule has 1 N–H and O–H groups in total. The normalized spacial score (nSPS) is 10.1. The van der Waals surface area contributed by atoms with Gasteiger partial charge in [0.15, 0.2) is 0 Å². The van der Waals surface area contributed by atoms with Gasteiger partial charge in [-0.05, 0) is 12.1 Å². The Bertz CT molecular complexity index is 870. The standard InChI is InChI=1S/C16H10N4O2/c17-10-12-11-6-2-1-3-7-13(11)18-16(12)19-14-8-4-5-9-15(14)20(21)22/h1-9H,(H,18,19). The summed E-state index contributed by atoms with van der Waals surface area (Å²) < 4.78 is 0. The first-order chi connectivity index (χ1) is 10.7. The molecule has 1 heterocycles. The van der Waals surface area contributed by atoms with Gasteiger partial charge in [0, 0.05) is 11.6 Å².